The predicted octanol–water partition coefficient (Wildman–Crippen LogP) is 1.27. The fourth-order valence-electron chi connectivity index (χ4n) is 2.16. The van der Waals surface area contributed by atoms with Crippen LogP contribution in [0.2, 0.25) is 0 Å². The highest BCUT2D eigenvalue weighted by molar-refractivity contribution is 5.96. The van der Waals surface area contributed by atoms with Crippen molar-refractivity contribution in [3.05, 3.63) is 29.5 Å². The van der Waals surface area contributed by atoms with Crippen molar-refractivity contribution in [2.45, 2.75) is 13.8 Å². The van der Waals surface area contributed by atoms with Gasteiger partial charge in [0.2, 0.25) is 11.5 Å². The summed E-state index contributed by atoms with van der Waals surface area (Å²) in [5, 5.41) is 10.6. The van der Waals surface area contributed by atoms with Crippen molar-refractivity contribution >= 4 is 23.6 Å². The molecule has 0 radical (unpaired) electrons. The number of hydrazone groups is 1. The molecular weight excluding hydrogens is 312 g/mol. The second-order valence-corrected chi connectivity index (χ2v) is 4.80. The smallest absolute Gasteiger partial charge is 0.297 e. The summed E-state index contributed by atoms with van der Waals surface area (Å²) in [6.45, 7) is 5.98. The number of ether oxygens (including phenoxy) is 1. The van der Waals surface area contributed by atoms with E-state index in [2.05, 4.69) is 44.2 Å². The Hall–Kier alpha value is -3.10. The van der Waals surface area contributed by atoms with Gasteiger partial charge in [0.15, 0.2) is 0 Å². The van der Waals surface area contributed by atoms with Gasteiger partial charge < -0.3 is 15.4 Å². The third-order valence-corrected chi connectivity index (χ3v) is 3.44. The lowest BCUT2D eigenvalue weighted by Gasteiger charge is -2.21. The van der Waals surface area contributed by atoms with E-state index in [1.54, 1.807) is 7.11 Å². The fraction of sp³-hybridized carbons (Fsp3) is 0.333. The SMILES string of the molecule is CCN(CC)c1ccc(/C=N\NC(=O)c2nonc2N)c(OC)c1. The van der Waals surface area contributed by atoms with Gasteiger partial charge in [0.25, 0.3) is 5.91 Å². The van der Waals surface area contributed by atoms with E-state index >= 15 is 0 Å². The van der Waals surface area contributed by atoms with Crippen molar-refractivity contribution in [1.82, 2.24) is 15.7 Å². The summed E-state index contributed by atoms with van der Waals surface area (Å²) in [5.41, 5.74) is 9.41. The first-order valence-electron chi connectivity index (χ1n) is 7.45. The quantitative estimate of drug-likeness (QED) is 0.579. The zero-order valence-electron chi connectivity index (χ0n) is 13.8. The summed E-state index contributed by atoms with van der Waals surface area (Å²) < 4.78 is 9.75. The number of aromatic nitrogens is 2. The van der Waals surface area contributed by atoms with E-state index in [4.69, 9.17) is 10.5 Å². The molecule has 1 aromatic carbocycles. The number of anilines is 2. The average molecular weight is 332 g/mol. The maximum absolute atomic E-state index is 11.8. The van der Waals surface area contributed by atoms with Crippen LogP contribution in [-0.4, -0.2) is 42.6 Å². The van der Waals surface area contributed by atoms with E-state index in [-0.39, 0.29) is 11.5 Å². The first-order chi connectivity index (χ1) is 11.6. The van der Waals surface area contributed by atoms with Gasteiger partial charge in [0, 0.05) is 30.4 Å². The number of amides is 1. The number of benzene rings is 1. The topological polar surface area (TPSA) is 119 Å². The molecule has 0 aliphatic heterocycles. The summed E-state index contributed by atoms with van der Waals surface area (Å²) in [6.07, 6.45) is 1.48. The molecule has 0 fully saturated rings. The van der Waals surface area contributed by atoms with Crippen LogP contribution in [0.3, 0.4) is 0 Å². The number of nitrogens with one attached hydrogen (secondary N) is 1. The number of rotatable bonds is 7. The van der Waals surface area contributed by atoms with Crippen molar-refractivity contribution in [3.63, 3.8) is 0 Å². The number of carbonyl (C=O) groups is 1. The molecule has 0 atom stereocenters. The van der Waals surface area contributed by atoms with Crippen LogP contribution < -0.4 is 20.8 Å². The molecule has 2 rings (SSSR count). The Labute approximate surface area is 139 Å². The number of hydrogen-bond donors (Lipinski definition) is 2. The summed E-state index contributed by atoms with van der Waals surface area (Å²) >= 11 is 0. The highest BCUT2D eigenvalue weighted by atomic mass is 16.6. The zero-order valence-corrected chi connectivity index (χ0v) is 13.8. The van der Waals surface area contributed by atoms with E-state index in [9.17, 15) is 4.79 Å². The van der Waals surface area contributed by atoms with Crippen LogP contribution in [0.5, 0.6) is 5.75 Å². The van der Waals surface area contributed by atoms with Crippen LogP contribution in [0, 0.1) is 0 Å². The van der Waals surface area contributed by atoms with Gasteiger partial charge in [-0.1, -0.05) is 0 Å². The van der Waals surface area contributed by atoms with Gasteiger partial charge in [-0.3, -0.25) is 4.79 Å². The Morgan fingerprint density at radius 1 is 1.42 bits per heavy atom. The summed E-state index contributed by atoms with van der Waals surface area (Å²) in [5.74, 6) is -0.0485. The third kappa shape index (κ3) is 3.80. The van der Waals surface area contributed by atoms with E-state index in [0.717, 1.165) is 24.3 Å². The maximum Gasteiger partial charge on any atom is 0.297 e. The molecule has 0 aliphatic rings. The lowest BCUT2D eigenvalue weighted by molar-refractivity contribution is 0.0946. The predicted molar refractivity (Wildman–Crippen MR) is 90.3 cm³/mol. The molecule has 0 saturated carbocycles. The first-order valence-corrected chi connectivity index (χ1v) is 7.45. The Morgan fingerprint density at radius 2 is 2.17 bits per heavy atom. The molecule has 9 nitrogen and oxygen atoms in total. The molecule has 9 heteroatoms. The summed E-state index contributed by atoms with van der Waals surface area (Å²) in [4.78, 5) is 14.0. The number of hydrogen-bond acceptors (Lipinski definition) is 8. The van der Waals surface area contributed by atoms with Crippen LogP contribution in [0.25, 0.3) is 0 Å². The Balaban J connectivity index is 2.11. The minimum Gasteiger partial charge on any atom is -0.496 e. The fourth-order valence-corrected chi connectivity index (χ4v) is 2.16. The normalized spacial score (nSPS) is 10.8. The van der Waals surface area contributed by atoms with E-state index in [0.29, 0.717) is 5.75 Å². The first kappa shape index (κ1) is 17.3. The highest BCUT2D eigenvalue weighted by Crippen LogP contribution is 2.24. The summed E-state index contributed by atoms with van der Waals surface area (Å²) in [7, 11) is 1.58. The number of carbonyl (C=O) groups excluding carboxylic acids is 1. The lowest BCUT2D eigenvalue weighted by atomic mass is 10.2. The van der Waals surface area contributed by atoms with Crippen LogP contribution in [-0.2, 0) is 0 Å². The maximum atomic E-state index is 11.8. The van der Waals surface area contributed by atoms with Crippen LogP contribution in [0.4, 0.5) is 11.5 Å². The van der Waals surface area contributed by atoms with E-state index in [1.807, 2.05) is 18.2 Å². The number of nitrogen functional groups attached to an aromatic ring is 1. The molecule has 1 heterocycles. The van der Waals surface area contributed by atoms with Gasteiger partial charge in [-0.25, -0.2) is 10.1 Å². The van der Waals surface area contributed by atoms with Crippen molar-refractivity contribution in [2.24, 2.45) is 5.10 Å². The molecule has 1 amide bonds. The number of nitrogens with zero attached hydrogens (tertiary/aromatic N) is 4. The lowest BCUT2D eigenvalue weighted by Crippen LogP contribution is -2.21. The van der Waals surface area contributed by atoms with Crippen LogP contribution in [0.15, 0.2) is 27.9 Å². The highest BCUT2D eigenvalue weighted by Gasteiger charge is 2.15. The second-order valence-electron chi connectivity index (χ2n) is 4.80. The monoisotopic (exact) mass is 332 g/mol. The molecule has 1 aromatic heterocycles. The van der Waals surface area contributed by atoms with Gasteiger partial charge in [0.05, 0.1) is 13.3 Å². The van der Waals surface area contributed by atoms with Crippen LogP contribution in [0.1, 0.15) is 29.9 Å². The molecular formula is C15H20N6O3. The average Bonchev–Trinajstić information content (AvgIpc) is 3.02. The van der Waals surface area contributed by atoms with E-state index in [1.165, 1.54) is 6.21 Å². The molecule has 24 heavy (non-hydrogen) atoms. The molecule has 0 spiro atoms. The Kier molecular flexibility index (Phi) is 5.72. The molecule has 0 saturated heterocycles. The van der Waals surface area contributed by atoms with Gasteiger partial charge in [-0.05, 0) is 36.3 Å². The molecule has 128 valence electrons. The third-order valence-electron chi connectivity index (χ3n) is 3.44. The number of methoxy groups -OCH3 is 1. The molecule has 3 N–H and O–H groups in total. The summed E-state index contributed by atoms with van der Waals surface area (Å²) in [6, 6.07) is 5.77. The minimum atomic E-state index is -0.608. The zero-order chi connectivity index (χ0) is 17.5. The van der Waals surface area contributed by atoms with Crippen molar-refractivity contribution < 1.29 is 14.2 Å². The molecule has 0 unspecified atom stereocenters. The van der Waals surface area contributed by atoms with Gasteiger partial charge >= 0.3 is 0 Å². The van der Waals surface area contributed by atoms with Gasteiger partial charge in [-0.2, -0.15) is 5.10 Å². The largest absolute Gasteiger partial charge is 0.496 e. The Morgan fingerprint density at radius 3 is 2.75 bits per heavy atom. The molecule has 2 aromatic rings. The standard InChI is InChI=1S/C15H20N6O3/c1-4-21(5-2)11-7-6-10(12(8-11)23-3)9-17-18-15(22)13-14(16)20-24-19-13/h6-9H,4-5H2,1-3H3,(H2,16,20)(H,18,22)/b17-9-. The van der Waals surface area contributed by atoms with Crippen molar-refractivity contribution in [3.8, 4) is 5.75 Å². The van der Waals surface area contributed by atoms with E-state index < -0.39 is 5.91 Å². The second kappa shape index (κ2) is 7.95. The van der Waals surface area contributed by atoms with Crippen molar-refractivity contribution in [2.75, 3.05) is 30.8 Å². The molecule has 0 aliphatic carbocycles. The van der Waals surface area contributed by atoms with Gasteiger partial charge in [-0.15, -0.1) is 0 Å². The van der Waals surface area contributed by atoms with Gasteiger partial charge in [0.1, 0.15) is 5.75 Å². The molecule has 0 bridgehead atoms. The number of nitrogens with two attached hydrogens (primary N) is 1. The van der Waals surface area contributed by atoms with Crippen LogP contribution >= 0.6 is 0 Å². The minimum absolute atomic E-state index is 0.0937. The van der Waals surface area contributed by atoms with Crippen molar-refractivity contribution in [1.29, 1.82) is 0 Å². The Bertz CT molecular complexity index is 724.